The lowest BCUT2D eigenvalue weighted by molar-refractivity contribution is 0.0464. The Hall–Kier alpha value is -1.54. The summed E-state index contributed by atoms with van der Waals surface area (Å²) in [6.07, 6.45) is 7.22. The third kappa shape index (κ3) is 13.1. The first-order valence-corrected chi connectivity index (χ1v) is 12.0. The summed E-state index contributed by atoms with van der Waals surface area (Å²) in [6, 6.07) is 0.307. The van der Waals surface area contributed by atoms with Crippen molar-refractivity contribution >= 4 is 12.2 Å². The van der Waals surface area contributed by atoms with Crippen LogP contribution in [0.1, 0.15) is 92.9 Å². The fraction of sp³-hybridized carbons (Fsp3) is 0.917. The molecule has 0 aromatic carbocycles. The van der Waals surface area contributed by atoms with E-state index in [0.29, 0.717) is 11.8 Å². The van der Waals surface area contributed by atoms with Crippen LogP contribution in [0.4, 0.5) is 9.59 Å². The molecule has 0 radical (unpaired) electrons. The molecule has 32 heavy (non-hydrogen) atoms. The molecule has 0 unspecified atom stereocenters. The van der Waals surface area contributed by atoms with Gasteiger partial charge in [0, 0.05) is 25.3 Å². The zero-order chi connectivity index (χ0) is 24.4. The fourth-order valence-corrected chi connectivity index (χ4v) is 4.12. The zero-order valence-electron chi connectivity index (χ0n) is 20.9. The summed E-state index contributed by atoms with van der Waals surface area (Å²) in [5, 5.41) is 23.9. The molecule has 0 aromatic heterocycles. The molecule has 8 nitrogen and oxygen atoms in total. The number of aliphatic hydroxyl groups excluding tert-OH is 2. The van der Waals surface area contributed by atoms with Crippen molar-refractivity contribution in [1.29, 1.82) is 0 Å². The van der Waals surface area contributed by atoms with E-state index in [2.05, 4.69) is 10.6 Å². The van der Waals surface area contributed by atoms with Crippen molar-refractivity contribution in [2.45, 2.75) is 116 Å². The van der Waals surface area contributed by atoms with Crippen molar-refractivity contribution in [3.05, 3.63) is 0 Å². The zero-order valence-corrected chi connectivity index (χ0v) is 20.9. The minimum Gasteiger partial charge on any atom is -0.444 e. The van der Waals surface area contributed by atoms with Gasteiger partial charge >= 0.3 is 12.2 Å². The molecule has 2 fully saturated rings. The molecule has 2 rings (SSSR count). The van der Waals surface area contributed by atoms with Gasteiger partial charge < -0.3 is 30.3 Å². The van der Waals surface area contributed by atoms with Crippen molar-refractivity contribution in [3.63, 3.8) is 0 Å². The molecule has 2 aliphatic rings. The molecule has 2 saturated carbocycles. The number of carbonyl (C=O) groups excluding carboxylic acids is 2. The Labute approximate surface area is 193 Å². The molecule has 188 valence electrons. The SMILES string of the molecule is CC(C)(C)OC(=O)N[C@@H]1CCC[C@@H](CO)C1.CC(C)(C)OC(=O)N[C@H]1CCC[C@H](CO)C1. The average molecular weight is 459 g/mol. The Balaban J connectivity index is 0.000000320. The predicted octanol–water partition coefficient (Wildman–Crippen LogP) is 4.12. The molecule has 8 heteroatoms. The lowest BCUT2D eigenvalue weighted by Crippen LogP contribution is -2.41. The van der Waals surface area contributed by atoms with E-state index in [0.717, 1.165) is 51.4 Å². The van der Waals surface area contributed by atoms with Gasteiger partial charge in [-0.3, -0.25) is 0 Å². The normalized spacial score (nSPS) is 26.2. The highest BCUT2D eigenvalue weighted by molar-refractivity contribution is 5.68. The van der Waals surface area contributed by atoms with Gasteiger partial charge in [-0.2, -0.15) is 0 Å². The first kappa shape index (κ1) is 28.5. The van der Waals surface area contributed by atoms with E-state index in [4.69, 9.17) is 19.7 Å². The van der Waals surface area contributed by atoms with E-state index in [1.54, 1.807) is 0 Å². The van der Waals surface area contributed by atoms with E-state index in [1.807, 2.05) is 41.5 Å². The summed E-state index contributed by atoms with van der Waals surface area (Å²) < 4.78 is 10.4. The minimum atomic E-state index is -0.449. The van der Waals surface area contributed by atoms with Gasteiger partial charge in [-0.25, -0.2) is 9.59 Å². The van der Waals surface area contributed by atoms with E-state index in [9.17, 15) is 9.59 Å². The van der Waals surface area contributed by atoms with E-state index < -0.39 is 11.2 Å². The van der Waals surface area contributed by atoms with Crippen molar-refractivity contribution < 1.29 is 29.3 Å². The fourth-order valence-electron chi connectivity index (χ4n) is 4.12. The van der Waals surface area contributed by atoms with Gasteiger partial charge in [0.05, 0.1) is 0 Å². The number of aliphatic hydroxyl groups is 2. The van der Waals surface area contributed by atoms with Gasteiger partial charge in [0.1, 0.15) is 11.2 Å². The second kappa shape index (κ2) is 13.2. The van der Waals surface area contributed by atoms with Crippen LogP contribution >= 0.6 is 0 Å². The number of ether oxygens (including phenoxy) is 2. The maximum atomic E-state index is 11.5. The summed E-state index contributed by atoms with van der Waals surface area (Å²) in [6.45, 7) is 11.5. The first-order chi connectivity index (χ1) is 14.8. The third-order valence-corrected chi connectivity index (χ3v) is 5.52. The van der Waals surface area contributed by atoms with Crippen LogP contribution in [0.3, 0.4) is 0 Å². The average Bonchev–Trinajstić information content (AvgIpc) is 2.65. The maximum Gasteiger partial charge on any atom is 0.407 e. The van der Waals surface area contributed by atoms with Crippen LogP contribution < -0.4 is 10.6 Å². The molecular formula is C24H46N2O6. The number of amides is 2. The van der Waals surface area contributed by atoms with Crippen LogP contribution in [0, 0.1) is 11.8 Å². The smallest absolute Gasteiger partial charge is 0.407 e. The van der Waals surface area contributed by atoms with Crippen LogP contribution in [0.25, 0.3) is 0 Å². The second-order valence-corrected chi connectivity index (χ2v) is 11.1. The number of nitrogens with one attached hydrogen (secondary N) is 2. The van der Waals surface area contributed by atoms with Gasteiger partial charge in [0.2, 0.25) is 0 Å². The van der Waals surface area contributed by atoms with Crippen LogP contribution in [-0.4, -0.2) is 58.9 Å². The van der Waals surface area contributed by atoms with Crippen molar-refractivity contribution in [2.75, 3.05) is 13.2 Å². The molecule has 0 aliphatic heterocycles. The summed E-state index contributed by atoms with van der Waals surface area (Å²) in [7, 11) is 0. The largest absolute Gasteiger partial charge is 0.444 e. The van der Waals surface area contributed by atoms with Crippen LogP contribution in [-0.2, 0) is 9.47 Å². The lowest BCUT2D eigenvalue weighted by atomic mass is 9.86. The van der Waals surface area contributed by atoms with Gasteiger partial charge in [-0.15, -0.1) is 0 Å². The quantitative estimate of drug-likeness (QED) is 0.503. The Morgan fingerprint density at radius 2 is 1.06 bits per heavy atom. The van der Waals surface area contributed by atoms with Crippen molar-refractivity contribution in [3.8, 4) is 0 Å². The summed E-state index contributed by atoms with van der Waals surface area (Å²) in [4.78, 5) is 23.1. The molecule has 0 heterocycles. The molecule has 0 saturated heterocycles. The van der Waals surface area contributed by atoms with Gasteiger partial charge in [-0.05, 0) is 91.9 Å². The van der Waals surface area contributed by atoms with E-state index >= 15 is 0 Å². The molecular weight excluding hydrogens is 412 g/mol. The van der Waals surface area contributed by atoms with E-state index in [1.165, 1.54) is 0 Å². The molecule has 4 N–H and O–H groups in total. The van der Waals surface area contributed by atoms with Crippen LogP contribution in [0.15, 0.2) is 0 Å². The van der Waals surface area contributed by atoms with Crippen molar-refractivity contribution in [2.24, 2.45) is 11.8 Å². The van der Waals surface area contributed by atoms with Crippen LogP contribution in [0.2, 0.25) is 0 Å². The Morgan fingerprint density at radius 1 is 0.719 bits per heavy atom. The number of hydrogen-bond acceptors (Lipinski definition) is 6. The number of rotatable bonds is 4. The Morgan fingerprint density at radius 3 is 1.34 bits per heavy atom. The second-order valence-electron chi connectivity index (χ2n) is 11.1. The summed E-state index contributed by atoms with van der Waals surface area (Å²) in [5.74, 6) is 0.655. The minimum absolute atomic E-state index is 0.153. The van der Waals surface area contributed by atoms with Crippen LogP contribution in [0.5, 0.6) is 0 Å². The van der Waals surface area contributed by atoms with E-state index in [-0.39, 0.29) is 37.5 Å². The Kier molecular flexibility index (Phi) is 11.8. The number of hydrogen-bond donors (Lipinski definition) is 4. The first-order valence-electron chi connectivity index (χ1n) is 12.0. The topological polar surface area (TPSA) is 117 Å². The maximum absolute atomic E-state index is 11.5. The molecule has 0 spiro atoms. The van der Waals surface area contributed by atoms with Crippen molar-refractivity contribution in [1.82, 2.24) is 10.6 Å². The van der Waals surface area contributed by atoms with Gasteiger partial charge in [-0.1, -0.05) is 12.8 Å². The molecule has 4 atom stereocenters. The summed E-state index contributed by atoms with van der Waals surface area (Å²) in [5.41, 5.74) is -0.899. The standard InChI is InChI=1S/2C12H23NO3/c2*1-12(2,3)16-11(15)13-10-6-4-5-9(7-10)8-14/h2*9-10,14H,4-8H2,1-3H3,(H,13,15)/t2*9-,10-/m10/s1. The van der Waals surface area contributed by atoms with Gasteiger partial charge in [0.25, 0.3) is 0 Å². The Bertz CT molecular complexity index is 520. The monoisotopic (exact) mass is 458 g/mol. The highest BCUT2D eigenvalue weighted by Crippen LogP contribution is 2.25. The molecule has 2 aliphatic carbocycles. The lowest BCUT2D eigenvalue weighted by Gasteiger charge is -2.29. The molecule has 0 aromatic rings. The molecule has 2 amide bonds. The molecule has 0 bridgehead atoms. The highest BCUT2D eigenvalue weighted by atomic mass is 16.6. The predicted molar refractivity (Wildman–Crippen MR) is 124 cm³/mol. The third-order valence-electron chi connectivity index (χ3n) is 5.52. The summed E-state index contributed by atoms with van der Waals surface area (Å²) >= 11 is 0. The number of carbonyl (C=O) groups is 2. The number of alkyl carbamates (subject to hydrolysis) is 2. The highest BCUT2D eigenvalue weighted by Gasteiger charge is 2.26. The van der Waals surface area contributed by atoms with Gasteiger partial charge in [0.15, 0.2) is 0 Å².